The summed E-state index contributed by atoms with van der Waals surface area (Å²) < 4.78 is 34.8. The van der Waals surface area contributed by atoms with Gasteiger partial charge in [-0.25, -0.2) is 13.2 Å². The monoisotopic (exact) mass is 327 g/mol. The number of benzene rings is 1. The van der Waals surface area contributed by atoms with Gasteiger partial charge in [-0.05, 0) is 6.07 Å². The van der Waals surface area contributed by atoms with Crippen LogP contribution in [0.4, 0.5) is 0 Å². The van der Waals surface area contributed by atoms with Crippen LogP contribution >= 0.6 is 0 Å². The van der Waals surface area contributed by atoms with E-state index in [1.165, 1.54) is 26.4 Å². The molecule has 1 aromatic rings. The maximum atomic E-state index is 12.6. The number of hydrogen-bond acceptors (Lipinski definition) is 6. The Morgan fingerprint density at radius 2 is 2.00 bits per heavy atom. The number of methoxy groups -OCH3 is 2. The largest absolute Gasteiger partial charge is 0.493 e. The van der Waals surface area contributed by atoms with Crippen LogP contribution in [-0.2, 0) is 14.6 Å². The molecule has 1 N–H and O–H groups in total. The minimum absolute atomic E-state index is 0.0429. The van der Waals surface area contributed by atoms with Crippen LogP contribution in [0.2, 0.25) is 0 Å². The van der Waals surface area contributed by atoms with Crippen LogP contribution in [0.3, 0.4) is 0 Å². The van der Waals surface area contributed by atoms with Crippen molar-refractivity contribution >= 4 is 21.7 Å². The summed E-state index contributed by atoms with van der Waals surface area (Å²) in [5.74, 6) is -2.23. The zero-order valence-corrected chi connectivity index (χ0v) is 12.6. The molecular formula is C13H13NO7S. The number of aliphatic carboxylic acids is 1. The highest BCUT2D eigenvalue weighted by atomic mass is 32.2. The van der Waals surface area contributed by atoms with E-state index in [1.807, 2.05) is 0 Å². The Morgan fingerprint density at radius 1 is 1.32 bits per heavy atom. The van der Waals surface area contributed by atoms with E-state index in [2.05, 4.69) is 0 Å². The van der Waals surface area contributed by atoms with Crippen molar-refractivity contribution in [2.75, 3.05) is 20.0 Å². The molecule has 2 heterocycles. The Balaban J connectivity index is 2.26. The number of carbonyl (C=O) groups is 2. The maximum absolute atomic E-state index is 12.6. The first-order chi connectivity index (χ1) is 10.3. The zero-order chi connectivity index (χ0) is 16.2. The quantitative estimate of drug-likeness (QED) is 0.834. The summed E-state index contributed by atoms with van der Waals surface area (Å²) in [4.78, 5) is 24.8. The summed E-state index contributed by atoms with van der Waals surface area (Å²) in [7, 11) is -1.06. The van der Waals surface area contributed by atoms with Gasteiger partial charge in [-0.15, -0.1) is 0 Å². The van der Waals surface area contributed by atoms with Crippen LogP contribution in [-0.4, -0.2) is 56.3 Å². The number of nitrogens with zero attached hydrogens (tertiary/aromatic N) is 1. The van der Waals surface area contributed by atoms with E-state index in [-0.39, 0.29) is 22.6 Å². The van der Waals surface area contributed by atoms with Crippen LogP contribution < -0.4 is 9.47 Å². The number of carboxylic acids is 1. The van der Waals surface area contributed by atoms with Crippen molar-refractivity contribution in [3.8, 4) is 11.5 Å². The van der Waals surface area contributed by atoms with Crippen molar-refractivity contribution < 1.29 is 32.6 Å². The third-order valence-electron chi connectivity index (χ3n) is 3.90. The number of amides is 1. The van der Waals surface area contributed by atoms with Crippen molar-refractivity contribution in [3.63, 3.8) is 0 Å². The third-order valence-corrected chi connectivity index (χ3v) is 5.84. The minimum atomic E-state index is -3.78. The number of carboxylic acid groups (broad SMARTS) is 1. The van der Waals surface area contributed by atoms with E-state index in [0.29, 0.717) is 0 Å². The zero-order valence-electron chi connectivity index (χ0n) is 11.8. The summed E-state index contributed by atoms with van der Waals surface area (Å²) >= 11 is 0. The Morgan fingerprint density at radius 3 is 2.55 bits per heavy atom. The highest BCUT2D eigenvalue weighted by Crippen LogP contribution is 2.49. The topological polar surface area (TPSA) is 110 Å². The lowest BCUT2D eigenvalue weighted by Gasteiger charge is -2.18. The first-order valence-electron chi connectivity index (χ1n) is 6.35. The number of sulfone groups is 1. The standard InChI is InChI=1S/C13H13NO7S/c1-20-8-4-3-6-9(10(8)21-2)11(15)14-7(13(16)17)5-22(18,19)12(6)14/h3-4,7,12H,5H2,1-2H3,(H,16,17)/t7-,12-/m0/s1. The fraction of sp³-hybridized carbons (Fsp3) is 0.385. The predicted octanol–water partition coefficient (Wildman–Crippen LogP) is 0.0398. The molecule has 0 saturated carbocycles. The van der Waals surface area contributed by atoms with Crippen LogP contribution in [0, 0.1) is 0 Å². The molecular weight excluding hydrogens is 314 g/mol. The third kappa shape index (κ3) is 1.71. The Labute approximate surface area is 126 Å². The maximum Gasteiger partial charge on any atom is 0.327 e. The van der Waals surface area contributed by atoms with Gasteiger partial charge in [0, 0.05) is 5.56 Å². The normalized spacial score (nSPS) is 24.8. The van der Waals surface area contributed by atoms with Gasteiger partial charge in [-0.1, -0.05) is 6.07 Å². The van der Waals surface area contributed by atoms with Gasteiger partial charge in [-0.2, -0.15) is 0 Å². The molecule has 0 bridgehead atoms. The molecule has 1 amide bonds. The smallest absolute Gasteiger partial charge is 0.327 e. The Bertz CT molecular complexity index is 786. The number of ether oxygens (including phenoxy) is 2. The molecule has 9 heteroatoms. The predicted molar refractivity (Wildman–Crippen MR) is 73.7 cm³/mol. The van der Waals surface area contributed by atoms with Crippen LogP contribution in [0.25, 0.3) is 0 Å². The van der Waals surface area contributed by atoms with E-state index in [0.717, 1.165) is 4.90 Å². The molecule has 8 nitrogen and oxygen atoms in total. The molecule has 2 atom stereocenters. The fourth-order valence-electron chi connectivity index (χ4n) is 3.01. The molecule has 22 heavy (non-hydrogen) atoms. The number of fused-ring (bicyclic) bond motifs is 3. The van der Waals surface area contributed by atoms with E-state index >= 15 is 0 Å². The second-order valence-corrected chi connectivity index (χ2v) is 7.12. The van der Waals surface area contributed by atoms with Gasteiger partial charge in [0.05, 0.1) is 25.5 Å². The average molecular weight is 327 g/mol. The molecule has 0 aliphatic carbocycles. The summed E-state index contributed by atoms with van der Waals surface area (Å²) in [6.07, 6.45) is 0. The van der Waals surface area contributed by atoms with Crippen molar-refractivity contribution in [2.24, 2.45) is 0 Å². The van der Waals surface area contributed by atoms with Gasteiger partial charge in [-0.3, -0.25) is 4.79 Å². The van der Waals surface area contributed by atoms with Crippen LogP contribution in [0.1, 0.15) is 21.3 Å². The molecule has 2 aliphatic heterocycles. The van der Waals surface area contributed by atoms with E-state index < -0.39 is 38.9 Å². The Kier molecular flexibility index (Phi) is 3.06. The van der Waals surface area contributed by atoms with Crippen molar-refractivity contribution in [2.45, 2.75) is 11.4 Å². The van der Waals surface area contributed by atoms with Crippen LogP contribution in [0.5, 0.6) is 11.5 Å². The second-order valence-electron chi connectivity index (χ2n) is 5.01. The lowest BCUT2D eigenvalue weighted by molar-refractivity contribution is -0.141. The molecule has 0 spiro atoms. The highest BCUT2D eigenvalue weighted by Gasteiger charge is 2.57. The minimum Gasteiger partial charge on any atom is -0.493 e. The van der Waals surface area contributed by atoms with Gasteiger partial charge in [0.25, 0.3) is 5.91 Å². The fourth-order valence-corrected chi connectivity index (χ4v) is 5.10. The highest BCUT2D eigenvalue weighted by molar-refractivity contribution is 7.92. The molecule has 0 unspecified atom stereocenters. The summed E-state index contributed by atoms with van der Waals surface area (Å²) in [6, 6.07) is 1.56. The van der Waals surface area contributed by atoms with E-state index in [4.69, 9.17) is 9.47 Å². The molecule has 1 saturated heterocycles. The van der Waals surface area contributed by atoms with Crippen molar-refractivity contribution in [1.82, 2.24) is 4.90 Å². The molecule has 118 valence electrons. The summed E-state index contributed by atoms with van der Waals surface area (Å²) in [5.41, 5.74) is 0.271. The van der Waals surface area contributed by atoms with Gasteiger partial charge >= 0.3 is 5.97 Å². The SMILES string of the molecule is COc1ccc2c(c1OC)C(=O)N1[C@H](C(=O)O)CS(=O)(=O)[C@@H]21. The lowest BCUT2D eigenvalue weighted by Crippen LogP contribution is -2.39. The molecule has 1 aromatic carbocycles. The van der Waals surface area contributed by atoms with E-state index in [1.54, 1.807) is 0 Å². The first-order valence-corrected chi connectivity index (χ1v) is 8.07. The first kappa shape index (κ1) is 14.6. The number of hydrogen-bond donors (Lipinski definition) is 1. The van der Waals surface area contributed by atoms with Gasteiger partial charge in [0.15, 0.2) is 26.7 Å². The number of carbonyl (C=O) groups excluding carboxylic acids is 1. The van der Waals surface area contributed by atoms with Crippen molar-refractivity contribution in [3.05, 3.63) is 23.3 Å². The molecule has 3 rings (SSSR count). The van der Waals surface area contributed by atoms with Crippen molar-refractivity contribution in [1.29, 1.82) is 0 Å². The van der Waals surface area contributed by atoms with Gasteiger partial charge < -0.3 is 19.5 Å². The number of rotatable bonds is 3. The van der Waals surface area contributed by atoms with Gasteiger partial charge in [0.1, 0.15) is 6.04 Å². The van der Waals surface area contributed by atoms with Crippen LogP contribution in [0.15, 0.2) is 12.1 Å². The van der Waals surface area contributed by atoms with E-state index in [9.17, 15) is 23.1 Å². The molecule has 1 fully saturated rings. The Hall–Kier alpha value is -2.29. The van der Waals surface area contributed by atoms with Gasteiger partial charge in [0.2, 0.25) is 0 Å². The summed E-state index contributed by atoms with van der Waals surface area (Å²) in [6.45, 7) is 0. The molecule has 0 aromatic heterocycles. The molecule has 2 aliphatic rings. The molecule has 0 radical (unpaired) electrons. The summed E-state index contributed by atoms with van der Waals surface area (Å²) in [5, 5.41) is 7.92. The second kappa shape index (κ2) is 4.60. The lowest BCUT2D eigenvalue weighted by atomic mass is 10.1. The average Bonchev–Trinajstić information content (AvgIpc) is 2.92.